The molecule has 0 bridgehead atoms. The third kappa shape index (κ3) is 3.30. The summed E-state index contributed by atoms with van der Waals surface area (Å²) in [5.41, 5.74) is 2.24. The van der Waals surface area contributed by atoms with E-state index in [2.05, 4.69) is 4.90 Å². The number of carbonyl (C=O) groups excluding carboxylic acids is 2. The predicted molar refractivity (Wildman–Crippen MR) is 85.8 cm³/mol. The van der Waals surface area contributed by atoms with Gasteiger partial charge < -0.3 is 9.80 Å². The number of unbranched alkanes of at least 4 members (excludes halogenated alkanes) is 1. The number of hydrogen-bond donors (Lipinski definition) is 0. The van der Waals surface area contributed by atoms with Crippen molar-refractivity contribution in [2.45, 2.75) is 19.3 Å². The fourth-order valence-electron chi connectivity index (χ4n) is 3.26. The largest absolute Gasteiger partial charge is 0.343 e. The normalized spacial score (nSPS) is 18.6. The van der Waals surface area contributed by atoms with Crippen LogP contribution in [-0.4, -0.2) is 61.4 Å². The van der Waals surface area contributed by atoms with Crippen LogP contribution in [0.5, 0.6) is 0 Å². The molecule has 0 N–H and O–H groups in total. The number of nitrogens with zero attached hydrogens (tertiary/aromatic N) is 3. The van der Waals surface area contributed by atoms with Crippen LogP contribution in [0.15, 0.2) is 24.3 Å². The average molecular weight is 301 g/mol. The minimum atomic E-state index is 0.223. The lowest BCUT2D eigenvalue weighted by atomic mass is 10.2. The standard InChI is InChI=1S/C17H23N3O2/c21-14-19-11-9-18(10-12-19)7-3-4-8-20-16-6-2-1-5-15(16)13-17(20)22/h1-2,5-6,14H,3-4,7-13H2. The molecule has 2 aliphatic heterocycles. The number of fused-ring (bicyclic) bond motifs is 1. The Labute approximate surface area is 131 Å². The highest BCUT2D eigenvalue weighted by atomic mass is 16.2. The summed E-state index contributed by atoms with van der Waals surface area (Å²) in [6.07, 6.45) is 3.60. The zero-order valence-electron chi connectivity index (χ0n) is 12.9. The van der Waals surface area contributed by atoms with Crippen LogP contribution in [0.4, 0.5) is 5.69 Å². The lowest BCUT2D eigenvalue weighted by Gasteiger charge is -2.32. The number of rotatable bonds is 6. The summed E-state index contributed by atoms with van der Waals surface area (Å²) in [4.78, 5) is 28.9. The first kappa shape index (κ1) is 15.0. The smallest absolute Gasteiger partial charge is 0.231 e. The van der Waals surface area contributed by atoms with Crippen molar-refractivity contribution < 1.29 is 9.59 Å². The Bertz CT molecular complexity index is 538. The molecule has 0 aliphatic carbocycles. The topological polar surface area (TPSA) is 43.9 Å². The molecule has 0 saturated carbocycles. The Hall–Kier alpha value is -1.88. The van der Waals surface area contributed by atoms with Gasteiger partial charge in [-0.3, -0.25) is 14.5 Å². The van der Waals surface area contributed by atoms with Crippen LogP contribution in [0.1, 0.15) is 18.4 Å². The first-order valence-corrected chi connectivity index (χ1v) is 8.08. The van der Waals surface area contributed by atoms with Crippen molar-refractivity contribution >= 4 is 18.0 Å². The molecule has 1 fully saturated rings. The van der Waals surface area contributed by atoms with E-state index in [0.29, 0.717) is 6.42 Å². The highest BCUT2D eigenvalue weighted by Crippen LogP contribution is 2.28. The number of carbonyl (C=O) groups is 2. The lowest BCUT2D eigenvalue weighted by molar-refractivity contribution is -0.119. The Balaban J connectivity index is 1.41. The van der Waals surface area contributed by atoms with Crippen LogP contribution in [0.2, 0.25) is 0 Å². The van der Waals surface area contributed by atoms with Gasteiger partial charge in [-0.25, -0.2) is 0 Å². The first-order valence-electron chi connectivity index (χ1n) is 8.08. The van der Waals surface area contributed by atoms with Gasteiger partial charge in [-0.2, -0.15) is 0 Å². The van der Waals surface area contributed by atoms with Crippen molar-refractivity contribution in [1.29, 1.82) is 0 Å². The van der Waals surface area contributed by atoms with E-state index in [0.717, 1.165) is 69.8 Å². The number of anilines is 1. The number of benzene rings is 1. The summed E-state index contributed by atoms with van der Waals surface area (Å²) in [6.45, 7) is 5.46. The van der Waals surface area contributed by atoms with Crippen LogP contribution in [0.3, 0.4) is 0 Å². The SMILES string of the molecule is O=CN1CCN(CCCCN2C(=O)Cc3ccccc32)CC1. The summed E-state index contributed by atoms with van der Waals surface area (Å²) < 4.78 is 0. The molecule has 0 radical (unpaired) electrons. The van der Waals surface area contributed by atoms with Gasteiger partial charge in [0.05, 0.1) is 6.42 Å². The minimum absolute atomic E-state index is 0.223. The van der Waals surface area contributed by atoms with Crippen LogP contribution in [0.25, 0.3) is 0 Å². The molecule has 5 nitrogen and oxygen atoms in total. The molecule has 5 heteroatoms. The van der Waals surface area contributed by atoms with E-state index in [4.69, 9.17) is 0 Å². The Kier molecular flexibility index (Phi) is 4.73. The van der Waals surface area contributed by atoms with Gasteiger partial charge in [-0.15, -0.1) is 0 Å². The molecule has 1 aromatic rings. The molecule has 3 rings (SSSR count). The molecule has 2 heterocycles. The lowest BCUT2D eigenvalue weighted by Crippen LogP contribution is -2.45. The Morgan fingerprint density at radius 2 is 1.73 bits per heavy atom. The van der Waals surface area contributed by atoms with Gasteiger partial charge in [0.2, 0.25) is 12.3 Å². The summed E-state index contributed by atoms with van der Waals surface area (Å²) in [5, 5.41) is 0. The van der Waals surface area contributed by atoms with E-state index in [9.17, 15) is 9.59 Å². The minimum Gasteiger partial charge on any atom is -0.343 e. The maximum Gasteiger partial charge on any atom is 0.231 e. The van der Waals surface area contributed by atoms with Crippen LogP contribution < -0.4 is 4.90 Å². The molecule has 118 valence electrons. The van der Waals surface area contributed by atoms with E-state index in [-0.39, 0.29) is 5.91 Å². The quantitative estimate of drug-likeness (QED) is 0.584. The zero-order chi connectivity index (χ0) is 15.4. The van der Waals surface area contributed by atoms with Gasteiger partial charge >= 0.3 is 0 Å². The van der Waals surface area contributed by atoms with E-state index in [1.54, 1.807) is 0 Å². The molecule has 0 atom stereocenters. The van der Waals surface area contributed by atoms with E-state index in [1.807, 2.05) is 34.1 Å². The predicted octanol–water partition coefficient (Wildman–Crippen LogP) is 1.13. The Morgan fingerprint density at radius 1 is 1.00 bits per heavy atom. The third-order valence-corrected chi connectivity index (χ3v) is 4.59. The van der Waals surface area contributed by atoms with Crippen LogP contribution in [-0.2, 0) is 16.0 Å². The van der Waals surface area contributed by atoms with Gasteiger partial charge in [0.1, 0.15) is 0 Å². The number of hydrogen-bond acceptors (Lipinski definition) is 3. The molecule has 1 saturated heterocycles. The number of piperazine rings is 1. The van der Waals surface area contributed by atoms with Crippen molar-refractivity contribution in [3.05, 3.63) is 29.8 Å². The second-order valence-corrected chi connectivity index (χ2v) is 6.04. The average Bonchev–Trinajstić information content (AvgIpc) is 2.88. The molecule has 22 heavy (non-hydrogen) atoms. The summed E-state index contributed by atoms with van der Waals surface area (Å²) in [5.74, 6) is 0.223. The van der Waals surface area contributed by atoms with Crippen LogP contribution in [0, 0.1) is 0 Å². The zero-order valence-corrected chi connectivity index (χ0v) is 12.9. The van der Waals surface area contributed by atoms with Crippen molar-refractivity contribution in [2.75, 3.05) is 44.2 Å². The van der Waals surface area contributed by atoms with Crippen molar-refractivity contribution in [1.82, 2.24) is 9.80 Å². The van der Waals surface area contributed by atoms with Gasteiger partial charge in [0, 0.05) is 38.4 Å². The van der Waals surface area contributed by atoms with E-state index < -0.39 is 0 Å². The summed E-state index contributed by atoms with van der Waals surface area (Å²) >= 11 is 0. The van der Waals surface area contributed by atoms with Crippen LogP contribution >= 0.6 is 0 Å². The highest BCUT2D eigenvalue weighted by Gasteiger charge is 2.26. The fourth-order valence-corrected chi connectivity index (χ4v) is 3.26. The molecular formula is C17H23N3O2. The fraction of sp³-hybridized carbons (Fsp3) is 0.529. The Morgan fingerprint density at radius 3 is 2.50 bits per heavy atom. The van der Waals surface area contributed by atoms with E-state index >= 15 is 0 Å². The number of para-hydroxylation sites is 1. The highest BCUT2D eigenvalue weighted by molar-refractivity contribution is 6.01. The molecule has 1 aromatic carbocycles. The van der Waals surface area contributed by atoms with E-state index in [1.165, 1.54) is 0 Å². The molecule has 0 spiro atoms. The molecule has 0 aromatic heterocycles. The molecule has 0 unspecified atom stereocenters. The molecular weight excluding hydrogens is 278 g/mol. The van der Waals surface area contributed by atoms with Gasteiger partial charge in [-0.1, -0.05) is 18.2 Å². The maximum absolute atomic E-state index is 12.1. The third-order valence-electron chi connectivity index (χ3n) is 4.59. The second-order valence-electron chi connectivity index (χ2n) is 6.04. The maximum atomic E-state index is 12.1. The summed E-state index contributed by atoms with van der Waals surface area (Å²) in [6, 6.07) is 8.07. The van der Waals surface area contributed by atoms with Crippen molar-refractivity contribution in [3.63, 3.8) is 0 Å². The monoisotopic (exact) mass is 301 g/mol. The number of amides is 2. The molecule has 2 amide bonds. The summed E-state index contributed by atoms with van der Waals surface area (Å²) in [7, 11) is 0. The van der Waals surface area contributed by atoms with Gasteiger partial charge in [0.15, 0.2) is 0 Å². The van der Waals surface area contributed by atoms with Crippen molar-refractivity contribution in [2.24, 2.45) is 0 Å². The van der Waals surface area contributed by atoms with Gasteiger partial charge in [-0.05, 0) is 31.0 Å². The second kappa shape index (κ2) is 6.92. The first-order chi connectivity index (χ1) is 10.8. The van der Waals surface area contributed by atoms with Crippen molar-refractivity contribution in [3.8, 4) is 0 Å². The molecule has 2 aliphatic rings. The van der Waals surface area contributed by atoms with Gasteiger partial charge in [0.25, 0.3) is 0 Å².